The van der Waals surface area contributed by atoms with E-state index in [4.69, 9.17) is 0 Å². The molecule has 1 saturated carbocycles. The Morgan fingerprint density at radius 3 is 2.68 bits per heavy atom. The third kappa shape index (κ3) is 3.48. The highest BCUT2D eigenvalue weighted by molar-refractivity contribution is 6.08. The highest BCUT2D eigenvalue weighted by atomic mass is 19.3. The minimum atomic E-state index is -2.77. The number of carbonyl (C=O) groups is 1. The molecule has 7 nitrogen and oxygen atoms in total. The second-order valence-corrected chi connectivity index (χ2v) is 7.53. The molecule has 0 radical (unpaired) electrons. The van der Waals surface area contributed by atoms with Gasteiger partial charge >= 0.3 is 0 Å². The van der Waals surface area contributed by atoms with E-state index in [1.54, 1.807) is 17.1 Å². The number of carbonyl (C=O) groups excluding carboxylic acids is 1. The van der Waals surface area contributed by atoms with Gasteiger partial charge in [-0.25, -0.2) is 18.3 Å². The Kier molecular flexibility index (Phi) is 4.82. The monoisotopic (exact) mass is 388 g/mol. The summed E-state index contributed by atoms with van der Waals surface area (Å²) >= 11 is 0. The van der Waals surface area contributed by atoms with E-state index in [-0.39, 0.29) is 17.3 Å². The highest BCUT2D eigenvalue weighted by Crippen LogP contribution is 2.34. The lowest BCUT2D eigenvalue weighted by atomic mass is 9.87. The minimum absolute atomic E-state index is 0.0325. The topological polar surface area (TPSA) is 77.1 Å². The van der Waals surface area contributed by atoms with Crippen LogP contribution in [0.15, 0.2) is 24.8 Å². The van der Waals surface area contributed by atoms with E-state index in [1.165, 1.54) is 16.9 Å². The number of aromatic nitrogens is 5. The highest BCUT2D eigenvalue weighted by Gasteiger charge is 2.26. The summed E-state index contributed by atoms with van der Waals surface area (Å²) < 4.78 is 30.1. The van der Waals surface area contributed by atoms with Crippen LogP contribution in [-0.4, -0.2) is 30.3 Å². The molecule has 148 valence electrons. The first-order valence-electron chi connectivity index (χ1n) is 9.41. The van der Waals surface area contributed by atoms with Crippen molar-refractivity contribution in [2.75, 3.05) is 5.32 Å². The van der Waals surface area contributed by atoms with Gasteiger partial charge in [-0.15, -0.1) is 0 Å². The summed E-state index contributed by atoms with van der Waals surface area (Å²) in [5.41, 5.74) is 1.11. The lowest BCUT2D eigenvalue weighted by Gasteiger charge is -2.26. The summed E-state index contributed by atoms with van der Waals surface area (Å²) in [6.07, 6.45) is 7.38. The maximum absolute atomic E-state index is 13.5. The average Bonchev–Trinajstić information content (AvgIpc) is 3.26. The predicted octanol–water partition coefficient (Wildman–Crippen LogP) is 4.18. The van der Waals surface area contributed by atoms with Crippen LogP contribution >= 0.6 is 0 Å². The number of amides is 1. The molecule has 0 unspecified atom stereocenters. The SMILES string of the molecule is Cc1cnc2c(C(=O)Nc3cn([C@H]4CC[C@H](C)CC4)nc3C(F)F)cnn2c1. The standard InChI is InChI=1S/C19H22F2N6O/c1-11-3-5-13(6-4-11)26-10-15(16(25-26)17(20)21)24-19(28)14-8-23-27-9-12(2)7-22-18(14)27/h7-11,13,17H,3-6H2,1-2H3,(H,24,28)/t11-,13-. The zero-order valence-corrected chi connectivity index (χ0v) is 15.8. The van der Waals surface area contributed by atoms with Gasteiger partial charge in [0.2, 0.25) is 0 Å². The molecule has 1 N–H and O–H groups in total. The van der Waals surface area contributed by atoms with Gasteiger partial charge in [-0.3, -0.25) is 9.48 Å². The van der Waals surface area contributed by atoms with Crippen molar-refractivity contribution in [3.8, 4) is 0 Å². The Morgan fingerprint density at radius 1 is 1.21 bits per heavy atom. The molecule has 1 fully saturated rings. The van der Waals surface area contributed by atoms with Gasteiger partial charge in [0.15, 0.2) is 11.3 Å². The van der Waals surface area contributed by atoms with Crippen LogP contribution in [0.3, 0.4) is 0 Å². The number of fused-ring (bicyclic) bond motifs is 1. The van der Waals surface area contributed by atoms with Crippen molar-refractivity contribution in [2.24, 2.45) is 5.92 Å². The van der Waals surface area contributed by atoms with Crippen molar-refractivity contribution in [3.05, 3.63) is 41.6 Å². The Bertz CT molecular complexity index is 1000. The smallest absolute Gasteiger partial charge is 0.284 e. The Balaban J connectivity index is 1.60. The zero-order valence-electron chi connectivity index (χ0n) is 15.8. The Hall–Kier alpha value is -2.84. The lowest BCUT2D eigenvalue weighted by molar-refractivity contribution is 0.102. The number of alkyl halides is 2. The number of anilines is 1. The van der Waals surface area contributed by atoms with Crippen LogP contribution in [0.4, 0.5) is 14.5 Å². The molecule has 3 heterocycles. The molecular formula is C19H22F2N6O. The molecule has 28 heavy (non-hydrogen) atoms. The summed E-state index contributed by atoms with van der Waals surface area (Å²) in [7, 11) is 0. The molecule has 1 aliphatic rings. The quantitative estimate of drug-likeness (QED) is 0.728. The molecule has 0 bridgehead atoms. The van der Waals surface area contributed by atoms with Crippen LogP contribution in [0.1, 0.15) is 66.7 Å². The fraction of sp³-hybridized carbons (Fsp3) is 0.474. The van der Waals surface area contributed by atoms with E-state index >= 15 is 0 Å². The number of rotatable bonds is 4. The summed E-state index contributed by atoms with van der Waals surface area (Å²) in [5.74, 6) is 0.109. The number of hydrogen-bond donors (Lipinski definition) is 1. The first-order chi connectivity index (χ1) is 13.4. The maximum atomic E-state index is 13.5. The summed E-state index contributed by atoms with van der Waals surface area (Å²) in [4.78, 5) is 16.9. The second-order valence-electron chi connectivity index (χ2n) is 7.53. The van der Waals surface area contributed by atoms with Gasteiger partial charge in [-0.05, 0) is 44.1 Å². The zero-order chi connectivity index (χ0) is 19.8. The van der Waals surface area contributed by atoms with Gasteiger partial charge in [-0.1, -0.05) is 6.92 Å². The second kappa shape index (κ2) is 7.29. The Labute approximate surface area is 160 Å². The molecular weight excluding hydrogens is 366 g/mol. The first-order valence-corrected chi connectivity index (χ1v) is 9.41. The van der Waals surface area contributed by atoms with Gasteiger partial charge in [0.05, 0.1) is 17.9 Å². The number of nitrogens with zero attached hydrogens (tertiary/aromatic N) is 5. The van der Waals surface area contributed by atoms with Crippen LogP contribution in [0.25, 0.3) is 5.65 Å². The summed E-state index contributed by atoms with van der Waals surface area (Å²) in [5, 5.41) is 10.8. The first kappa shape index (κ1) is 18.5. The molecule has 0 spiro atoms. The van der Waals surface area contributed by atoms with Crippen LogP contribution < -0.4 is 5.32 Å². The van der Waals surface area contributed by atoms with Crippen molar-refractivity contribution in [1.82, 2.24) is 24.4 Å². The van der Waals surface area contributed by atoms with E-state index in [9.17, 15) is 13.6 Å². The fourth-order valence-corrected chi connectivity index (χ4v) is 3.68. The van der Waals surface area contributed by atoms with E-state index in [2.05, 4.69) is 27.4 Å². The normalized spacial score (nSPS) is 20.0. The summed E-state index contributed by atoms with van der Waals surface area (Å²) in [6, 6.07) is 0.0842. The number of nitrogens with one attached hydrogen (secondary N) is 1. The molecule has 9 heteroatoms. The van der Waals surface area contributed by atoms with Crippen molar-refractivity contribution in [1.29, 1.82) is 0 Å². The minimum Gasteiger partial charge on any atom is -0.319 e. The molecule has 0 atom stereocenters. The van der Waals surface area contributed by atoms with Gasteiger partial charge in [-0.2, -0.15) is 10.2 Å². The van der Waals surface area contributed by atoms with Crippen LogP contribution in [-0.2, 0) is 0 Å². The predicted molar refractivity (Wildman–Crippen MR) is 99.5 cm³/mol. The lowest BCUT2D eigenvalue weighted by Crippen LogP contribution is -2.17. The molecule has 4 rings (SSSR count). The van der Waals surface area contributed by atoms with E-state index in [1.807, 2.05) is 6.92 Å². The van der Waals surface area contributed by atoms with E-state index < -0.39 is 18.0 Å². The number of halogens is 2. The average molecular weight is 388 g/mol. The molecule has 0 saturated heterocycles. The van der Waals surface area contributed by atoms with Gasteiger partial charge in [0, 0.05) is 18.6 Å². The number of aryl methyl sites for hydroxylation is 1. The van der Waals surface area contributed by atoms with Gasteiger partial charge < -0.3 is 5.32 Å². The third-order valence-electron chi connectivity index (χ3n) is 5.31. The molecule has 1 amide bonds. The molecule has 0 aliphatic heterocycles. The van der Waals surface area contributed by atoms with Crippen molar-refractivity contribution < 1.29 is 13.6 Å². The van der Waals surface area contributed by atoms with Gasteiger partial charge in [0.1, 0.15) is 5.56 Å². The van der Waals surface area contributed by atoms with Crippen LogP contribution in [0.2, 0.25) is 0 Å². The van der Waals surface area contributed by atoms with E-state index in [0.717, 1.165) is 31.2 Å². The molecule has 3 aromatic rings. The van der Waals surface area contributed by atoms with Gasteiger partial charge in [0.25, 0.3) is 12.3 Å². The third-order valence-corrected chi connectivity index (χ3v) is 5.31. The van der Waals surface area contributed by atoms with Crippen LogP contribution in [0.5, 0.6) is 0 Å². The van der Waals surface area contributed by atoms with Crippen molar-refractivity contribution in [3.63, 3.8) is 0 Å². The Morgan fingerprint density at radius 2 is 1.96 bits per heavy atom. The number of hydrogen-bond acceptors (Lipinski definition) is 4. The van der Waals surface area contributed by atoms with E-state index in [0.29, 0.717) is 11.6 Å². The fourth-order valence-electron chi connectivity index (χ4n) is 3.68. The largest absolute Gasteiger partial charge is 0.319 e. The molecule has 1 aliphatic carbocycles. The van der Waals surface area contributed by atoms with Crippen LogP contribution in [0, 0.1) is 12.8 Å². The van der Waals surface area contributed by atoms with Crippen molar-refractivity contribution >= 4 is 17.2 Å². The molecule has 3 aromatic heterocycles. The van der Waals surface area contributed by atoms with Crippen molar-refractivity contribution in [2.45, 2.75) is 52.0 Å². The maximum Gasteiger partial charge on any atom is 0.284 e. The molecule has 0 aromatic carbocycles. The summed E-state index contributed by atoms with van der Waals surface area (Å²) in [6.45, 7) is 4.06.